The molecule has 0 saturated carbocycles. The summed E-state index contributed by atoms with van der Waals surface area (Å²) in [4.78, 5) is 22.2. The van der Waals surface area contributed by atoms with Gasteiger partial charge in [0.1, 0.15) is 0 Å². The molecule has 0 fully saturated rings. The van der Waals surface area contributed by atoms with E-state index in [9.17, 15) is 9.59 Å². The van der Waals surface area contributed by atoms with Gasteiger partial charge in [0.2, 0.25) is 0 Å². The molecule has 3 N–H and O–H groups in total. The van der Waals surface area contributed by atoms with Gasteiger partial charge in [-0.3, -0.25) is 4.79 Å². The number of rotatable bonds is 9. The standard InChI is InChI=1S/C15H22N2O3S/c1-21-10-4-2-3-9-16-15(20)17-13-7-5-12(6-8-13)11-14(18)19/h5-8H,2-4,9-11H2,1H3,(H,18,19)(H2,16,17,20). The number of thioether (sulfide) groups is 1. The van der Waals surface area contributed by atoms with E-state index in [1.807, 2.05) is 11.8 Å². The van der Waals surface area contributed by atoms with E-state index in [2.05, 4.69) is 16.9 Å². The lowest BCUT2D eigenvalue weighted by Crippen LogP contribution is -2.29. The number of urea groups is 1. The van der Waals surface area contributed by atoms with E-state index < -0.39 is 5.97 Å². The van der Waals surface area contributed by atoms with Crippen molar-refractivity contribution in [1.82, 2.24) is 5.32 Å². The fourth-order valence-corrected chi connectivity index (χ4v) is 2.30. The molecule has 0 bridgehead atoms. The highest BCUT2D eigenvalue weighted by atomic mass is 32.2. The van der Waals surface area contributed by atoms with Gasteiger partial charge >= 0.3 is 12.0 Å². The zero-order valence-electron chi connectivity index (χ0n) is 12.2. The van der Waals surface area contributed by atoms with Crippen molar-refractivity contribution < 1.29 is 14.7 Å². The predicted molar refractivity (Wildman–Crippen MR) is 87.0 cm³/mol. The van der Waals surface area contributed by atoms with Crippen LogP contribution in [-0.4, -0.2) is 35.7 Å². The number of carbonyl (C=O) groups excluding carboxylic acids is 1. The quantitative estimate of drug-likeness (QED) is 0.613. The average molecular weight is 310 g/mol. The van der Waals surface area contributed by atoms with Crippen LogP contribution in [0, 0.1) is 0 Å². The number of carbonyl (C=O) groups is 2. The van der Waals surface area contributed by atoms with Gasteiger partial charge in [0.05, 0.1) is 6.42 Å². The van der Waals surface area contributed by atoms with E-state index in [1.54, 1.807) is 24.3 Å². The Morgan fingerprint density at radius 3 is 2.48 bits per heavy atom. The molecule has 1 aromatic carbocycles. The van der Waals surface area contributed by atoms with Crippen molar-refractivity contribution in [3.63, 3.8) is 0 Å². The molecule has 0 atom stereocenters. The van der Waals surface area contributed by atoms with Crippen LogP contribution in [0.5, 0.6) is 0 Å². The Balaban J connectivity index is 2.23. The maximum Gasteiger partial charge on any atom is 0.319 e. The lowest BCUT2D eigenvalue weighted by Gasteiger charge is -2.08. The first-order chi connectivity index (χ1) is 10.1. The maximum atomic E-state index is 11.6. The van der Waals surface area contributed by atoms with Crippen LogP contribution < -0.4 is 10.6 Å². The van der Waals surface area contributed by atoms with Gasteiger partial charge in [0.25, 0.3) is 0 Å². The Bertz CT molecular complexity index is 449. The van der Waals surface area contributed by atoms with Crippen LogP contribution in [0.2, 0.25) is 0 Å². The molecule has 2 amide bonds. The lowest BCUT2D eigenvalue weighted by molar-refractivity contribution is -0.136. The number of hydrogen-bond donors (Lipinski definition) is 3. The van der Waals surface area contributed by atoms with Crippen molar-refractivity contribution in [2.24, 2.45) is 0 Å². The fraction of sp³-hybridized carbons (Fsp3) is 0.467. The first-order valence-electron chi connectivity index (χ1n) is 6.96. The van der Waals surface area contributed by atoms with Crippen LogP contribution in [0.25, 0.3) is 0 Å². The summed E-state index contributed by atoms with van der Waals surface area (Å²) in [5.41, 5.74) is 1.37. The largest absolute Gasteiger partial charge is 0.481 e. The molecular weight excluding hydrogens is 288 g/mol. The molecule has 0 radical (unpaired) electrons. The van der Waals surface area contributed by atoms with Crippen molar-refractivity contribution in [2.75, 3.05) is 23.9 Å². The second kappa shape index (κ2) is 10.1. The highest BCUT2D eigenvalue weighted by Gasteiger charge is 2.03. The molecule has 0 spiro atoms. The predicted octanol–water partition coefficient (Wildman–Crippen LogP) is 2.97. The van der Waals surface area contributed by atoms with Gasteiger partial charge in [-0.25, -0.2) is 4.79 Å². The molecule has 0 aliphatic rings. The Labute approximate surface area is 129 Å². The molecule has 0 unspecified atom stereocenters. The monoisotopic (exact) mass is 310 g/mol. The molecule has 0 aliphatic heterocycles. The summed E-state index contributed by atoms with van der Waals surface area (Å²) in [5, 5.41) is 14.2. The molecule has 0 saturated heterocycles. The van der Waals surface area contributed by atoms with E-state index >= 15 is 0 Å². The van der Waals surface area contributed by atoms with Crippen LogP contribution in [0.4, 0.5) is 10.5 Å². The average Bonchev–Trinajstić information content (AvgIpc) is 2.44. The number of nitrogens with one attached hydrogen (secondary N) is 2. The molecule has 5 nitrogen and oxygen atoms in total. The van der Waals surface area contributed by atoms with Crippen molar-refractivity contribution in [3.05, 3.63) is 29.8 Å². The zero-order chi connectivity index (χ0) is 15.5. The molecular formula is C15H22N2O3S. The number of carboxylic acids is 1. The van der Waals surface area contributed by atoms with E-state index in [-0.39, 0.29) is 12.5 Å². The highest BCUT2D eigenvalue weighted by Crippen LogP contribution is 2.10. The number of unbranched alkanes of at least 4 members (excludes halogenated alkanes) is 2. The number of anilines is 1. The Kier molecular flexibility index (Phi) is 8.35. The van der Waals surface area contributed by atoms with Crippen LogP contribution >= 0.6 is 11.8 Å². The number of aliphatic carboxylic acids is 1. The number of hydrogen-bond acceptors (Lipinski definition) is 3. The Hall–Kier alpha value is -1.69. The minimum Gasteiger partial charge on any atom is -0.481 e. The van der Waals surface area contributed by atoms with Gasteiger partial charge in [0, 0.05) is 12.2 Å². The van der Waals surface area contributed by atoms with Crippen molar-refractivity contribution >= 4 is 29.4 Å². The summed E-state index contributed by atoms with van der Waals surface area (Å²) in [6.07, 6.45) is 5.35. The lowest BCUT2D eigenvalue weighted by atomic mass is 10.1. The molecule has 116 valence electrons. The van der Waals surface area contributed by atoms with Gasteiger partial charge < -0.3 is 15.7 Å². The minimum absolute atomic E-state index is 0.0114. The maximum absolute atomic E-state index is 11.6. The molecule has 0 heterocycles. The van der Waals surface area contributed by atoms with Crippen molar-refractivity contribution in [2.45, 2.75) is 25.7 Å². The third-order valence-corrected chi connectivity index (χ3v) is 3.57. The second-order valence-electron chi connectivity index (χ2n) is 4.70. The smallest absolute Gasteiger partial charge is 0.319 e. The summed E-state index contributed by atoms with van der Waals surface area (Å²) in [6, 6.07) is 6.58. The van der Waals surface area contributed by atoms with Gasteiger partial charge in [-0.1, -0.05) is 18.6 Å². The third kappa shape index (κ3) is 8.24. The van der Waals surface area contributed by atoms with Gasteiger partial charge in [-0.15, -0.1) is 0 Å². The number of amides is 2. The Morgan fingerprint density at radius 2 is 1.86 bits per heavy atom. The summed E-state index contributed by atoms with van der Waals surface area (Å²) < 4.78 is 0. The minimum atomic E-state index is -0.866. The van der Waals surface area contributed by atoms with Gasteiger partial charge in [0.15, 0.2) is 0 Å². The van der Waals surface area contributed by atoms with Crippen LogP contribution in [0.1, 0.15) is 24.8 Å². The summed E-state index contributed by atoms with van der Waals surface area (Å²) in [6.45, 7) is 0.664. The topological polar surface area (TPSA) is 78.4 Å². The zero-order valence-corrected chi connectivity index (χ0v) is 13.0. The van der Waals surface area contributed by atoms with Crippen molar-refractivity contribution in [3.8, 4) is 0 Å². The molecule has 1 rings (SSSR count). The van der Waals surface area contributed by atoms with Gasteiger partial charge in [-0.2, -0.15) is 11.8 Å². The summed E-state index contributed by atoms with van der Waals surface area (Å²) >= 11 is 1.84. The first kappa shape index (κ1) is 17.4. The van der Waals surface area contributed by atoms with Crippen LogP contribution in [0.3, 0.4) is 0 Å². The summed E-state index contributed by atoms with van der Waals surface area (Å²) in [5.74, 6) is 0.296. The molecule has 0 aliphatic carbocycles. The van der Waals surface area contributed by atoms with Crippen LogP contribution in [-0.2, 0) is 11.2 Å². The SMILES string of the molecule is CSCCCCCNC(=O)Nc1ccc(CC(=O)O)cc1. The van der Waals surface area contributed by atoms with E-state index in [4.69, 9.17) is 5.11 Å². The van der Waals surface area contributed by atoms with E-state index in [0.29, 0.717) is 17.8 Å². The third-order valence-electron chi connectivity index (χ3n) is 2.88. The first-order valence-corrected chi connectivity index (χ1v) is 8.35. The normalized spacial score (nSPS) is 10.1. The molecule has 6 heteroatoms. The van der Waals surface area contributed by atoms with Crippen LogP contribution in [0.15, 0.2) is 24.3 Å². The van der Waals surface area contributed by atoms with Crippen molar-refractivity contribution in [1.29, 1.82) is 0 Å². The highest BCUT2D eigenvalue weighted by molar-refractivity contribution is 7.98. The van der Waals surface area contributed by atoms with Gasteiger partial charge in [-0.05, 0) is 42.5 Å². The summed E-state index contributed by atoms with van der Waals surface area (Å²) in [7, 11) is 0. The second-order valence-corrected chi connectivity index (χ2v) is 5.69. The number of carboxylic acid groups (broad SMARTS) is 1. The van der Waals surface area contributed by atoms with E-state index in [1.165, 1.54) is 6.42 Å². The fourth-order valence-electron chi connectivity index (χ4n) is 1.81. The number of benzene rings is 1. The molecule has 1 aromatic rings. The molecule has 0 aromatic heterocycles. The van der Waals surface area contributed by atoms with E-state index in [0.717, 1.165) is 18.6 Å². The molecule has 21 heavy (non-hydrogen) atoms. The Morgan fingerprint density at radius 1 is 1.14 bits per heavy atom.